The molecule has 2 aliphatic rings. The van der Waals surface area contributed by atoms with Crippen LogP contribution in [0.3, 0.4) is 0 Å². The van der Waals surface area contributed by atoms with E-state index in [1.54, 1.807) is 12.1 Å². The van der Waals surface area contributed by atoms with E-state index in [4.69, 9.17) is 0 Å². The zero-order valence-corrected chi connectivity index (χ0v) is 15.0. The number of nitrogens with one attached hydrogen (secondary N) is 1. The fourth-order valence-electron chi connectivity index (χ4n) is 3.64. The molecule has 4 rings (SSSR count). The molecule has 1 heterocycles. The first-order chi connectivity index (χ1) is 13.1. The molecule has 1 aliphatic heterocycles. The van der Waals surface area contributed by atoms with E-state index >= 15 is 0 Å². The maximum Gasteiger partial charge on any atom is 0.317 e. The molecule has 2 amide bonds. The van der Waals surface area contributed by atoms with Crippen LogP contribution in [-0.2, 0) is 0 Å². The molecule has 2 atom stereocenters. The van der Waals surface area contributed by atoms with E-state index in [0.717, 1.165) is 12.1 Å². The van der Waals surface area contributed by atoms with Crippen LogP contribution >= 0.6 is 0 Å². The Labute approximate surface area is 157 Å². The van der Waals surface area contributed by atoms with E-state index in [9.17, 15) is 14.9 Å². The number of anilines is 1. The van der Waals surface area contributed by atoms with E-state index < -0.39 is 0 Å². The van der Waals surface area contributed by atoms with Gasteiger partial charge in [-0.2, -0.15) is 0 Å². The van der Waals surface area contributed by atoms with Gasteiger partial charge in [-0.05, 0) is 18.1 Å². The minimum atomic E-state index is -0.383. The van der Waals surface area contributed by atoms with Crippen LogP contribution in [-0.4, -0.2) is 48.1 Å². The van der Waals surface area contributed by atoms with Crippen molar-refractivity contribution in [1.29, 1.82) is 0 Å². The van der Waals surface area contributed by atoms with Gasteiger partial charge in [-0.25, -0.2) is 4.79 Å². The number of nitrogens with zero attached hydrogens (tertiary/aromatic N) is 3. The molecule has 0 radical (unpaired) electrons. The number of hydrogen-bond donors (Lipinski definition) is 1. The first-order valence-corrected chi connectivity index (χ1v) is 9.21. The van der Waals surface area contributed by atoms with Gasteiger partial charge in [0.2, 0.25) is 0 Å². The summed E-state index contributed by atoms with van der Waals surface area (Å²) in [5, 5.41) is 14.1. The highest BCUT2D eigenvalue weighted by Crippen LogP contribution is 2.40. The molecule has 1 aliphatic carbocycles. The summed E-state index contributed by atoms with van der Waals surface area (Å²) < 4.78 is 0. The van der Waals surface area contributed by atoms with Gasteiger partial charge in [0.25, 0.3) is 5.69 Å². The van der Waals surface area contributed by atoms with Gasteiger partial charge in [0, 0.05) is 56.0 Å². The Morgan fingerprint density at radius 2 is 1.78 bits per heavy atom. The molecule has 140 valence electrons. The summed E-state index contributed by atoms with van der Waals surface area (Å²) >= 11 is 0. The molecule has 2 aromatic carbocycles. The summed E-state index contributed by atoms with van der Waals surface area (Å²) in [5.74, 6) is 0.418. The van der Waals surface area contributed by atoms with Crippen LogP contribution in [0.15, 0.2) is 54.6 Å². The lowest BCUT2D eigenvalue weighted by Crippen LogP contribution is -2.52. The number of carbonyl (C=O) groups is 1. The maximum absolute atomic E-state index is 12.5. The Bertz CT molecular complexity index is 834. The van der Waals surface area contributed by atoms with Crippen LogP contribution in [0, 0.1) is 10.1 Å². The average molecular weight is 366 g/mol. The van der Waals surface area contributed by atoms with Crippen molar-refractivity contribution in [3.8, 4) is 0 Å². The quantitative estimate of drug-likeness (QED) is 0.666. The first kappa shape index (κ1) is 17.3. The van der Waals surface area contributed by atoms with E-state index in [0.29, 0.717) is 32.1 Å². The van der Waals surface area contributed by atoms with E-state index in [2.05, 4.69) is 22.3 Å². The van der Waals surface area contributed by atoms with Crippen molar-refractivity contribution in [2.24, 2.45) is 0 Å². The lowest BCUT2D eigenvalue weighted by Gasteiger charge is -2.36. The second-order valence-electron chi connectivity index (χ2n) is 7.06. The molecular formula is C20H22N4O3. The highest BCUT2D eigenvalue weighted by atomic mass is 16.6. The number of carbonyl (C=O) groups excluding carboxylic acids is 1. The monoisotopic (exact) mass is 366 g/mol. The van der Waals surface area contributed by atoms with Crippen LogP contribution in [0.5, 0.6) is 0 Å². The van der Waals surface area contributed by atoms with Crippen molar-refractivity contribution in [2.45, 2.75) is 18.4 Å². The normalized spacial score (nSPS) is 21.6. The largest absolute Gasteiger partial charge is 0.368 e. The number of piperazine rings is 1. The SMILES string of the molecule is O=C(N[C@@H]1C[C@@H]1c1ccccc1)N1CCN(c2cccc([N+](=O)[O-])c2)CC1. The van der Waals surface area contributed by atoms with Gasteiger partial charge in [-0.3, -0.25) is 10.1 Å². The molecule has 0 unspecified atom stereocenters. The van der Waals surface area contributed by atoms with Gasteiger partial charge in [0.1, 0.15) is 0 Å². The maximum atomic E-state index is 12.5. The zero-order chi connectivity index (χ0) is 18.8. The lowest BCUT2D eigenvalue weighted by molar-refractivity contribution is -0.384. The number of urea groups is 1. The Hall–Kier alpha value is -3.09. The third kappa shape index (κ3) is 3.86. The molecule has 2 aromatic rings. The highest BCUT2D eigenvalue weighted by Gasteiger charge is 2.40. The van der Waals surface area contributed by atoms with Crippen LogP contribution in [0.2, 0.25) is 0 Å². The molecule has 7 nitrogen and oxygen atoms in total. The number of nitro groups is 1. The fourth-order valence-corrected chi connectivity index (χ4v) is 3.64. The first-order valence-electron chi connectivity index (χ1n) is 9.21. The van der Waals surface area contributed by atoms with Crippen molar-refractivity contribution in [2.75, 3.05) is 31.1 Å². The molecule has 2 fully saturated rings. The predicted octanol–water partition coefficient (Wildman–Crippen LogP) is 2.98. The highest BCUT2D eigenvalue weighted by molar-refractivity contribution is 5.75. The van der Waals surface area contributed by atoms with Gasteiger partial charge in [0.05, 0.1) is 4.92 Å². The summed E-state index contributed by atoms with van der Waals surface area (Å²) in [4.78, 5) is 27.0. The van der Waals surface area contributed by atoms with Crippen molar-refractivity contribution in [3.05, 3.63) is 70.3 Å². The molecule has 0 aromatic heterocycles. The predicted molar refractivity (Wildman–Crippen MR) is 103 cm³/mol. The Morgan fingerprint density at radius 1 is 1.04 bits per heavy atom. The average Bonchev–Trinajstić information content (AvgIpc) is 3.48. The van der Waals surface area contributed by atoms with Gasteiger partial charge < -0.3 is 15.1 Å². The summed E-state index contributed by atoms with van der Waals surface area (Å²) in [7, 11) is 0. The molecule has 1 saturated heterocycles. The number of benzene rings is 2. The second kappa shape index (κ2) is 7.26. The van der Waals surface area contributed by atoms with E-state index in [-0.39, 0.29) is 22.7 Å². The minimum Gasteiger partial charge on any atom is -0.368 e. The van der Waals surface area contributed by atoms with E-state index in [1.165, 1.54) is 11.6 Å². The van der Waals surface area contributed by atoms with E-state index in [1.807, 2.05) is 29.2 Å². The molecular weight excluding hydrogens is 344 g/mol. The number of non-ortho nitro benzene ring substituents is 1. The summed E-state index contributed by atoms with van der Waals surface area (Å²) in [6, 6.07) is 17.1. The molecule has 7 heteroatoms. The van der Waals surface area contributed by atoms with Crippen molar-refractivity contribution in [1.82, 2.24) is 10.2 Å². The number of hydrogen-bond acceptors (Lipinski definition) is 4. The number of rotatable bonds is 4. The van der Waals surface area contributed by atoms with Crippen molar-refractivity contribution < 1.29 is 9.72 Å². The molecule has 0 spiro atoms. The molecule has 1 N–H and O–H groups in total. The van der Waals surface area contributed by atoms with Gasteiger partial charge in [-0.15, -0.1) is 0 Å². The van der Waals surface area contributed by atoms with Crippen LogP contribution in [0.1, 0.15) is 17.9 Å². The third-order valence-corrected chi connectivity index (χ3v) is 5.30. The summed E-state index contributed by atoms with van der Waals surface area (Å²) in [6.45, 7) is 2.55. The fraction of sp³-hybridized carbons (Fsp3) is 0.350. The Morgan fingerprint density at radius 3 is 2.48 bits per heavy atom. The molecule has 1 saturated carbocycles. The van der Waals surface area contributed by atoms with Gasteiger partial charge in [0.15, 0.2) is 0 Å². The Kier molecular flexibility index (Phi) is 4.66. The number of nitro benzene ring substituents is 1. The topological polar surface area (TPSA) is 78.7 Å². The summed E-state index contributed by atoms with van der Waals surface area (Å²) in [6.07, 6.45) is 0.989. The number of amides is 2. The smallest absolute Gasteiger partial charge is 0.317 e. The van der Waals surface area contributed by atoms with Gasteiger partial charge >= 0.3 is 6.03 Å². The second-order valence-corrected chi connectivity index (χ2v) is 7.06. The summed E-state index contributed by atoms with van der Waals surface area (Å²) in [5.41, 5.74) is 2.20. The van der Waals surface area contributed by atoms with Crippen LogP contribution < -0.4 is 10.2 Å². The Balaban J connectivity index is 1.29. The standard InChI is InChI=1S/C20H22N4O3/c25-20(21-19-14-18(19)15-5-2-1-3-6-15)23-11-9-22(10-12-23)16-7-4-8-17(13-16)24(26)27/h1-8,13,18-19H,9-12,14H2,(H,21,25)/t18-,19-/m1/s1. The lowest BCUT2D eigenvalue weighted by atomic mass is 10.1. The molecule has 27 heavy (non-hydrogen) atoms. The van der Waals surface area contributed by atoms with Crippen molar-refractivity contribution in [3.63, 3.8) is 0 Å². The van der Waals surface area contributed by atoms with Crippen molar-refractivity contribution >= 4 is 17.4 Å². The van der Waals surface area contributed by atoms with Crippen LogP contribution in [0.25, 0.3) is 0 Å². The van der Waals surface area contributed by atoms with Crippen LogP contribution in [0.4, 0.5) is 16.2 Å². The molecule has 0 bridgehead atoms. The zero-order valence-electron chi connectivity index (χ0n) is 15.0. The third-order valence-electron chi connectivity index (χ3n) is 5.30. The van der Waals surface area contributed by atoms with Gasteiger partial charge in [-0.1, -0.05) is 36.4 Å². The minimum absolute atomic E-state index is 0.0166.